The van der Waals surface area contributed by atoms with E-state index in [0.29, 0.717) is 23.9 Å². The fourth-order valence-electron chi connectivity index (χ4n) is 2.34. The molecule has 6 heteroatoms. The van der Waals surface area contributed by atoms with Gasteiger partial charge in [0.2, 0.25) is 0 Å². The third-order valence-electron chi connectivity index (χ3n) is 3.56. The third-order valence-corrected chi connectivity index (χ3v) is 3.56. The normalized spacial score (nSPS) is 17.9. The Hall–Kier alpha value is -2.21. The monoisotopic (exact) mass is 289 g/mol. The Kier molecular flexibility index (Phi) is 3.70. The smallest absolute Gasteiger partial charge is 0.162 e. The highest BCUT2D eigenvalue weighted by molar-refractivity contribution is 5.66. The molecule has 2 aromatic rings. The number of nitrogens with zero attached hydrogens (tertiary/aromatic N) is 2. The molecule has 3 rings (SSSR count). The van der Waals surface area contributed by atoms with E-state index in [-0.39, 0.29) is 6.10 Å². The maximum Gasteiger partial charge on any atom is 0.162 e. The number of ether oxygens (including phenoxy) is 3. The molecule has 1 aromatic carbocycles. The topological polar surface area (TPSA) is 71.5 Å². The minimum absolute atomic E-state index is 0.0722. The second-order valence-electron chi connectivity index (χ2n) is 5.05. The van der Waals surface area contributed by atoms with Crippen LogP contribution in [0.25, 0.3) is 11.3 Å². The predicted molar refractivity (Wildman–Crippen MR) is 79.5 cm³/mol. The molecule has 1 fully saturated rings. The van der Waals surface area contributed by atoms with Gasteiger partial charge in [-0.25, -0.2) is 0 Å². The van der Waals surface area contributed by atoms with Gasteiger partial charge in [0.05, 0.1) is 26.0 Å². The van der Waals surface area contributed by atoms with E-state index in [4.69, 9.17) is 19.9 Å². The van der Waals surface area contributed by atoms with Crippen LogP contribution in [-0.2, 0) is 11.8 Å². The average molecular weight is 289 g/mol. The summed E-state index contributed by atoms with van der Waals surface area (Å²) in [6.45, 7) is 1.35. The number of hydrogen-bond acceptors (Lipinski definition) is 5. The summed E-state index contributed by atoms with van der Waals surface area (Å²) in [7, 11) is 3.45. The maximum absolute atomic E-state index is 5.98. The molecular formula is C15H19N3O3. The van der Waals surface area contributed by atoms with Crippen LogP contribution < -0.4 is 15.2 Å². The van der Waals surface area contributed by atoms with E-state index < -0.39 is 0 Å². The van der Waals surface area contributed by atoms with Crippen LogP contribution in [0.3, 0.4) is 0 Å². The average Bonchev–Trinajstić information content (AvgIpc) is 3.10. The van der Waals surface area contributed by atoms with Gasteiger partial charge in [-0.3, -0.25) is 4.68 Å². The Morgan fingerprint density at radius 1 is 1.33 bits per heavy atom. The second-order valence-corrected chi connectivity index (χ2v) is 5.05. The zero-order chi connectivity index (χ0) is 14.8. The van der Waals surface area contributed by atoms with Gasteiger partial charge >= 0.3 is 0 Å². The highest BCUT2D eigenvalue weighted by Crippen LogP contribution is 2.34. The van der Waals surface area contributed by atoms with Crippen molar-refractivity contribution in [2.45, 2.75) is 12.5 Å². The van der Waals surface area contributed by atoms with E-state index in [1.54, 1.807) is 11.8 Å². The highest BCUT2D eigenvalue weighted by Gasteiger charge is 2.19. The number of aromatic nitrogens is 2. The molecule has 1 aromatic heterocycles. The van der Waals surface area contributed by atoms with Gasteiger partial charge in [0.1, 0.15) is 11.9 Å². The number of benzene rings is 1. The van der Waals surface area contributed by atoms with E-state index in [2.05, 4.69) is 5.10 Å². The van der Waals surface area contributed by atoms with Crippen LogP contribution in [0.5, 0.6) is 11.5 Å². The largest absolute Gasteiger partial charge is 0.493 e. The lowest BCUT2D eigenvalue weighted by Gasteiger charge is -2.15. The molecule has 0 spiro atoms. The summed E-state index contributed by atoms with van der Waals surface area (Å²) in [6.07, 6.45) is 0.965. The number of nitrogen functional groups attached to an aromatic ring is 1. The van der Waals surface area contributed by atoms with Crippen molar-refractivity contribution >= 4 is 5.82 Å². The molecule has 2 N–H and O–H groups in total. The molecule has 6 nitrogen and oxygen atoms in total. The van der Waals surface area contributed by atoms with E-state index in [0.717, 1.165) is 24.3 Å². The van der Waals surface area contributed by atoms with E-state index in [1.165, 1.54) is 0 Å². The first-order valence-corrected chi connectivity index (χ1v) is 6.89. The van der Waals surface area contributed by atoms with Gasteiger partial charge in [0.25, 0.3) is 0 Å². The van der Waals surface area contributed by atoms with E-state index in [9.17, 15) is 0 Å². The molecule has 0 saturated carbocycles. The van der Waals surface area contributed by atoms with Crippen molar-refractivity contribution < 1.29 is 14.2 Å². The molecule has 1 aliphatic rings. The molecule has 1 aliphatic heterocycles. The molecule has 1 saturated heterocycles. The second kappa shape index (κ2) is 5.65. The number of methoxy groups -OCH3 is 1. The molecule has 112 valence electrons. The van der Waals surface area contributed by atoms with Crippen molar-refractivity contribution in [3.63, 3.8) is 0 Å². The number of rotatable bonds is 4. The van der Waals surface area contributed by atoms with Crippen molar-refractivity contribution in [2.24, 2.45) is 7.05 Å². The van der Waals surface area contributed by atoms with Gasteiger partial charge in [-0.1, -0.05) is 0 Å². The van der Waals surface area contributed by atoms with Gasteiger partial charge in [-0.15, -0.1) is 0 Å². The van der Waals surface area contributed by atoms with Crippen molar-refractivity contribution in [3.8, 4) is 22.8 Å². The SMILES string of the molecule is COc1ccc(-c2cc(N)n(C)n2)cc1OC1CCOC1. The standard InChI is InChI=1S/C15H19N3O3/c1-18-15(16)8-12(17-18)10-3-4-13(19-2)14(7-10)21-11-5-6-20-9-11/h3-4,7-8,11H,5-6,9,16H2,1-2H3. The van der Waals surface area contributed by atoms with Crippen molar-refractivity contribution in [1.29, 1.82) is 0 Å². The fraction of sp³-hybridized carbons (Fsp3) is 0.400. The molecular weight excluding hydrogens is 270 g/mol. The molecule has 0 aliphatic carbocycles. The molecule has 2 heterocycles. The van der Waals surface area contributed by atoms with Crippen LogP contribution in [0.4, 0.5) is 5.82 Å². The fourth-order valence-corrected chi connectivity index (χ4v) is 2.34. The summed E-state index contributed by atoms with van der Waals surface area (Å²) < 4.78 is 18.3. The Morgan fingerprint density at radius 3 is 2.81 bits per heavy atom. The molecule has 0 bridgehead atoms. The minimum Gasteiger partial charge on any atom is -0.493 e. The summed E-state index contributed by atoms with van der Waals surface area (Å²) >= 11 is 0. The first kappa shape index (κ1) is 13.8. The maximum atomic E-state index is 5.98. The Morgan fingerprint density at radius 2 is 2.19 bits per heavy atom. The van der Waals surface area contributed by atoms with Crippen molar-refractivity contribution in [1.82, 2.24) is 9.78 Å². The number of nitrogens with two attached hydrogens (primary N) is 1. The van der Waals surface area contributed by atoms with Gasteiger partial charge in [-0.2, -0.15) is 5.10 Å². The first-order chi connectivity index (χ1) is 10.2. The summed E-state index contributed by atoms with van der Waals surface area (Å²) in [6, 6.07) is 7.59. The number of aryl methyl sites for hydroxylation is 1. The zero-order valence-corrected chi connectivity index (χ0v) is 12.2. The van der Waals surface area contributed by atoms with Crippen molar-refractivity contribution in [2.75, 3.05) is 26.1 Å². The number of anilines is 1. The Bertz CT molecular complexity index is 614. The summed E-state index contributed by atoms with van der Waals surface area (Å²) in [5.41, 5.74) is 7.58. The van der Waals surface area contributed by atoms with Gasteiger partial charge in [-0.05, 0) is 18.2 Å². The van der Waals surface area contributed by atoms with Crippen LogP contribution in [-0.4, -0.2) is 36.2 Å². The summed E-state index contributed by atoms with van der Waals surface area (Å²) in [4.78, 5) is 0. The van der Waals surface area contributed by atoms with E-state index in [1.807, 2.05) is 31.3 Å². The summed E-state index contributed by atoms with van der Waals surface area (Å²) in [5.74, 6) is 2.02. The molecule has 0 radical (unpaired) electrons. The first-order valence-electron chi connectivity index (χ1n) is 6.89. The van der Waals surface area contributed by atoms with Gasteiger partial charge in [0.15, 0.2) is 11.5 Å². The lowest BCUT2D eigenvalue weighted by molar-refractivity contribution is 0.138. The zero-order valence-electron chi connectivity index (χ0n) is 12.2. The van der Waals surface area contributed by atoms with Gasteiger partial charge < -0.3 is 19.9 Å². The molecule has 1 atom stereocenters. The van der Waals surface area contributed by atoms with Crippen LogP contribution in [0.1, 0.15) is 6.42 Å². The summed E-state index contributed by atoms with van der Waals surface area (Å²) in [5, 5.41) is 4.38. The molecule has 1 unspecified atom stereocenters. The molecule has 21 heavy (non-hydrogen) atoms. The lowest BCUT2D eigenvalue weighted by atomic mass is 10.1. The Labute approximate surface area is 123 Å². The van der Waals surface area contributed by atoms with Crippen LogP contribution >= 0.6 is 0 Å². The highest BCUT2D eigenvalue weighted by atomic mass is 16.6. The van der Waals surface area contributed by atoms with Crippen molar-refractivity contribution in [3.05, 3.63) is 24.3 Å². The quantitative estimate of drug-likeness (QED) is 0.930. The van der Waals surface area contributed by atoms with Gasteiger partial charge in [0, 0.05) is 25.1 Å². The minimum atomic E-state index is 0.0722. The van der Waals surface area contributed by atoms with Crippen LogP contribution in [0.2, 0.25) is 0 Å². The Balaban J connectivity index is 1.91. The predicted octanol–water partition coefficient (Wildman–Crippen LogP) is 1.85. The lowest BCUT2D eigenvalue weighted by Crippen LogP contribution is -2.16. The van der Waals surface area contributed by atoms with E-state index >= 15 is 0 Å². The van der Waals surface area contributed by atoms with Crippen LogP contribution in [0, 0.1) is 0 Å². The number of hydrogen-bond donors (Lipinski definition) is 1. The molecule has 0 amide bonds. The third kappa shape index (κ3) is 2.80. The van der Waals surface area contributed by atoms with Crippen LogP contribution in [0.15, 0.2) is 24.3 Å².